The first-order valence-corrected chi connectivity index (χ1v) is 6.35. The molecule has 0 aliphatic heterocycles. The van der Waals surface area contributed by atoms with E-state index >= 15 is 0 Å². The van der Waals surface area contributed by atoms with E-state index in [1.54, 1.807) is 13.8 Å². The number of hydrogen-bond acceptors (Lipinski definition) is 3. The fraction of sp³-hybridized carbons (Fsp3) is 0.286. The van der Waals surface area contributed by atoms with Crippen LogP contribution in [-0.2, 0) is 9.53 Å². The molecule has 0 fully saturated rings. The van der Waals surface area contributed by atoms with Crippen molar-refractivity contribution in [3.05, 3.63) is 29.7 Å². The van der Waals surface area contributed by atoms with Crippen LogP contribution < -0.4 is 5.32 Å². The number of amides is 1. The zero-order valence-electron chi connectivity index (χ0n) is 11.2. The zero-order chi connectivity index (χ0) is 14.7. The van der Waals surface area contributed by atoms with Gasteiger partial charge in [0.25, 0.3) is 0 Å². The number of fused-ring (bicyclic) bond motifs is 1. The highest BCUT2D eigenvalue weighted by atomic mass is 19.1. The highest BCUT2D eigenvalue weighted by molar-refractivity contribution is 6.10. The van der Waals surface area contributed by atoms with E-state index in [0.717, 1.165) is 0 Å². The smallest absolute Gasteiger partial charge is 0.356 e. The number of aromatic nitrogens is 1. The summed E-state index contributed by atoms with van der Waals surface area (Å²) in [6.07, 6.45) is 0.274. The Hall–Kier alpha value is -2.37. The van der Waals surface area contributed by atoms with Crippen molar-refractivity contribution in [1.82, 2.24) is 4.98 Å². The molecule has 0 aliphatic carbocycles. The number of esters is 1. The van der Waals surface area contributed by atoms with Gasteiger partial charge in [0.2, 0.25) is 5.91 Å². The first-order chi connectivity index (χ1) is 9.56. The topological polar surface area (TPSA) is 71.2 Å². The van der Waals surface area contributed by atoms with Gasteiger partial charge in [-0.2, -0.15) is 0 Å². The number of aromatic amines is 1. The second-order valence-electron chi connectivity index (χ2n) is 4.19. The van der Waals surface area contributed by atoms with Crippen molar-refractivity contribution < 1.29 is 18.7 Å². The highest BCUT2D eigenvalue weighted by Gasteiger charge is 2.20. The number of nitrogens with one attached hydrogen (secondary N) is 2. The summed E-state index contributed by atoms with van der Waals surface area (Å²) in [4.78, 5) is 26.3. The van der Waals surface area contributed by atoms with Gasteiger partial charge in [-0.25, -0.2) is 9.18 Å². The first-order valence-electron chi connectivity index (χ1n) is 6.35. The lowest BCUT2D eigenvalue weighted by Gasteiger charge is -2.05. The molecule has 2 rings (SSSR count). The van der Waals surface area contributed by atoms with Gasteiger partial charge in [0.15, 0.2) is 0 Å². The Bertz CT molecular complexity index is 664. The molecule has 20 heavy (non-hydrogen) atoms. The van der Waals surface area contributed by atoms with Gasteiger partial charge < -0.3 is 15.0 Å². The van der Waals surface area contributed by atoms with E-state index in [0.29, 0.717) is 16.6 Å². The van der Waals surface area contributed by atoms with Gasteiger partial charge in [-0.1, -0.05) is 6.92 Å². The Labute approximate surface area is 115 Å². The number of hydrogen-bond donors (Lipinski definition) is 2. The molecule has 1 heterocycles. The molecule has 0 spiro atoms. The van der Waals surface area contributed by atoms with E-state index in [2.05, 4.69) is 10.3 Å². The van der Waals surface area contributed by atoms with E-state index in [4.69, 9.17) is 4.74 Å². The van der Waals surface area contributed by atoms with Crippen molar-refractivity contribution in [2.45, 2.75) is 20.3 Å². The van der Waals surface area contributed by atoms with Gasteiger partial charge in [0.05, 0.1) is 17.8 Å². The summed E-state index contributed by atoms with van der Waals surface area (Å²) < 4.78 is 18.2. The maximum atomic E-state index is 13.2. The van der Waals surface area contributed by atoms with Crippen LogP contribution in [0.15, 0.2) is 18.2 Å². The van der Waals surface area contributed by atoms with Crippen molar-refractivity contribution in [1.29, 1.82) is 0 Å². The standard InChI is InChI=1S/C14H15FN2O3/c1-3-11(18)17-12-9-6-5-8(15)7-10(9)16-13(12)14(19)20-4-2/h5-7,16H,3-4H2,1-2H3,(H,17,18). The van der Waals surface area contributed by atoms with Gasteiger partial charge in [-0.3, -0.25) is 4.79 Å². The third-order valence-electron chi connectivity index (χ3n) is 2.83. The second kappa shape index (κ2) is 5.73. The lowest BCUT2D eigenvalue weighted by Crippen LogP contribution is -2.14. The summed E-state index contributed by atoms with van der Waals surface area (Å²) >= 11 is 0. The maximum Gasteiger partial charge on any atom is 0.356 e. The average Bonchev–Trinajstić information content (AvgIpc) is 2.76. The number of ether oxygens (including phenoxy) is 1. The molecule has 0 aliphatic rings. The quantitative estimate of drug-likeness (QED) is 0.845. The fourth-order valence-corrected chi connectivity index (χ4v) is 1.88. The van der Waals surface area contributed by atoms with Crippen LogP contribution in [0.3, 0.4) is 0 Å². The van der Waals surface area contributed by atoms with Crippen molar-refractivity contribution in [3.8, 4) is 0 Å². The largest absolute Gasteiger partial charge is 0.461 e. The minimum Gasteiger partial charge on any atom is -0.461 e. The van der Waals surface area contributed by atoms with E-state index in [-0.39, 0.29) is 24.6 Å². The Morgan fingerprint density at radius 3 is 2.75 bits per heavy atom. The number of halogens is 1. The Morgan fingerprint density at radius 1 is 1.35 bits per heavy atom. The molecule has 106 valence electrons. The van der Waals surface area contributed by atoms with Crippen molar-refractivity contribution in [2.24, 2.45) is 0 Å². The third-order valence-corrected chi connectivity index (χ3v) is 2.83. The van der Waals surface area contributed by atoms with Crippen LogP contribution in [0.5, 0.6) is 0 Å². The second-order valence-corrected chi connectivity index (χ2v) is 4.19. The zero-order valence-corrected chi connectivity index (χ0v) is 11.2. The van der Waals surface area contributed by atoms with Gasteiger partial charge in [0, 0.05) is 11.8 Å². The van der Waals surface area contributed by atoms with E-state index < -0.39 is 11.8 Å². The molecule has 0 atom stereocenters. The highest BCUT2D eigenvalue weighted by Crippen LogP contribution is 2.29. The van der Waals surface area contributed by atoms with Crippen LogP contribution >= 0.6 is 0 Å². The molecule has 6 heteroatoms. The molecular formula is C14H15FN2O3. The van der Waals surface area contributed by atoms with E-state index in [1.807, 2.05) is 0 Å². The predicted molar refractivity (Wildman–Crippen MR) is 73.1 cm³/mol. The summed E-state index contributed by atoms with van der Waals surface area (Å²) in [7, 11) is 0. The van der Waals surface area contributed by atoms with Crippen molar-refractivity contribution >= 4 is 28.5 Å². The summed E-state index contributed by atoms with van der Waals surface area (Å²) in [5.41, 5.74) is 0.874. The van der Waals surface area contributed by atoms with Crippen LogP contribution in [0, 0.1) is 5.82 Å². The van der Waals surface area contributed by atoms with Crippen LogP contribution in [0.1, 0.15) is 30.8 Å². The van der Waals surface area contributed by atoms with Gasteiger partial charge in [-0.15, -0.1) is 0 Å². The predicted octanol–water partition coefficient (Wildman–Crippen LogP) is 2.83. The molecule has 5 nitrogen and oxygen atoms in total. The van der Waals surface area contributed by atoms with Crippen molar-refractivity contribution in [2.75, 3.05) is 11.9 Å². The van der Waals surface area contributed by atoms with Crippen LogP contribution in [0.2, 0.25) is 0 Å². The lowest BCUT2D eigenvalue weighted by molar-refractivity contribution is -0.115. The lowest BCUT2D eigenvalue weighted by atomic mass is 10.2. The Balaban J connectivity index is 2.56. The normalized spacial score (nSPS) is 10.6. The minimum atomic E-state index is -0.587. The molecule has 0 saturated carbocycles. The summed E-state index contributed by atoms with van der Waals surface area (Å²) in [6, 6.07) is 4.04. The summed E-state index contributed by atoms with van der Waals surface area (Å²) in [6.45, 7) is 3.60. The number of rotatable bonds is 4. The van der Waals surface area contributed by atoms with Crippen molar-refractivity contribution in [3.63, 3.8) is 0 Å². The SMILES string of the molecule is CCOC(=O)c1[nH]c2cc(F)ccc2c1NC(=O)CC. The first kappa shape index (κ1) is 14.0. The maximum absolute atomic E-state index is 13.2. The summed E-state index contributed by atoms with van der Waals surface area (Å²) in [5, 5.41) is 3.21. The third kappa shape index (κ3) is 2.64. The van der Waals surface area contributed by atoms with Gasteiger partial charge in [0.1, 0.15) is 11.5 Å². The average molecular weight is 278 g/mol. The number of H-pyrrole nitrogens is 1. The van der Waals surface area contributed by atoms with Crippen LogP contribution in [0.4, 0.5) is 10.1 Å². The molecule has 0 radical (unpaired) electrons. The number of carbonyl (C=O) groups is 2. The number of carbonyl (C=O) groups excluding carboxylic acids is 2. The molecular weight excluding hydrogens is 263 g/mol. The Morgan fingerprint density at radius 2 is 2.10 bits per heavy atom. The van der Waals surface area contributed by atoms with Gasteiger partial charge in [-0.05, 0) is 25.1 Å². The molecule has 1 amide bonds. The van der Waals surface area contributed by atoms with E-state index in [1.165, 1.54) is 18.2 Å². The Kier molecular flexibility index (Phi) is 4.02. The monoisotopic (exact) mass is 278 g/mol. The molecule has 2 aromatic rings. The van der Waals surface area contributed by atoms with Gasteiger partial charge >= 0.3 is 5.97 Å². The molecule has 0 saturated heterocycles. The minimum absolute atomic E-state index is 0.120. The molecule has 0 unspecified atom stereocenters. The summed E-state index contributed by atoms with van der Waals surface area (Å²) in [5.74, 6) is -1.25. The van der Waals surface area contributed by atoms with Crippen LogP contribution in [-0.4, -0.2) is 23.5 Å². The number of anilines is 1. The van der Waals surface area contributed by atoms with Crippen LogP contribution in [0.25, 0.3) is 10.9 Å². The molecule has 0 bridgehead atoms. The molecule has 2 N–H and O–H groups in total. The molecule has 1 aromatic heterocycles. The fourth-order valence-electron chi connectivity index (χ4n) is 1.88. The van der Waals surface area contributed by atoms with E-state index in [9.17, 15) is 14.0 Å². The molecule has 1 aromatic carbocycles. The number of benzene rings is 1.